The second-order valence-electron chi connectivity index (χ2n) is 4.52. The minimum Gasteiger partial charge on any atom is -0.545 e. The molecule has 2 aromatic rings. The lowest BCUT2D eigenvalue weighted by atomic mass is 10.2. The number of hydrogen-bond donors (Lipinski definition) is 3. The molecular weight excluding hydrogens is 338 g/mol. The Labute approximate surface area is 138 Å². The molecule has 0 unspecified atom stereocenters. The number of primary sulfonamides is 1. The van der Waals surface area contributed by atoms with Crippen molar-refractivity contribution in [2.75, 3.05) is 10.6 Å². The quantitative estimate of drug-likeness (QED) is 0.686. The fourth-order valence-corrected chi connectivity index (χ4v) is 2.50. The number of hydrogen-bond acceptors (Lipinski definition) is 5. The number of carboxylic acid groups (broad SMARTS) is 1. The summed E-state index contributed by atoms with van der Waals surface area (Å²) in [5.41, 5.74) is 1.05. The van der Waals surface area contributed by atoms with Crippen LogP contribution in [0.3, 0.4) is 0 Å². The van der Waals surface area contributed by atoms with E-state index in [1.165, 1.54) is 36.4 Å². The van der Waals surface area contributed by atoms with E-state index in [0.29, 0.717) is 11.4 Å². The van der Waals surface area contributed by atoms with Crippen molar-refractivity contribution in [3.8, 4) is 0 Å². The van der Waals surface area contributed by atoms with Crippen molar-refractivity contribution in [2.45, 2.75) is 4.90 Å². The number of rotatable bonds is 4. The summed E-state index contributed by atoms with van der Waals surface area (Å²) in [4.78, 5) is 10.8. The molecule has 0 saturated heterocycles. The number of carboxylic acids is 1. The zero-order chi connectivity index (χ0) is 17.0. The molecule has 0 aliphatic carbocycles. The molecule has 120 valence electrons. The summed E-state index contributed by atoms with van der Waals surface area (Å²) in [6.07, 6.45) is 0. The van der Waals surface area contributed by atoms with Crippen LogP contribution in [0.2, 0.25) is 0 Å². The van der Waals surface area contributed by atoms with Gasteiger partial charge < -0.3 is 20.5 Å². The van der Waals surface area contributed by atoms with Gasteiger partial charge in [-0.15, -0.1) is 0 Å². The molecule has 7 nitrogen and oxygen atoms in total. The molecule has 9 heteroatoms. The molecule has 0 spiro atoms. The van der Waals surface area contributed by atoms with E-state index >= 15 is 0 Å². The van der Waals surface area contributed by atoms with Crippen LogP contribution in [-0.2, 0) is 10.0 Å². The smallest absolute Gasteiger partial charge is 0.238 e. The first kappa shape index (κ1) is 16.9. The first-order chi connectivity index (χ1) is 10.8. The van der Waals surface area contributed by atoms with Gasteiger partial charge >= 0.3 is 0 Å². The lowest BCUT2D eigenvalue weighted by Crippen LogP contribution is -2.23. The lowest BCUT2D eigenvalue weighted by Gasteiger charge is -2.12. The van der Waals surface area contributed by atoms with Crippen molar-refractivity contribution in [1.82, 2.24) is 0 Å². The number of nitrogens with two attached hydrogens (primary N) is 1. The van der Waals surface area contributed by atoms with E-state index in [2.05, 4.69) is 10.6 Å². The fourth-order valence-electron chi connectivity index (χ4n) is 1.75. The van der Waals surface area contributed by atoms with Crippen LogP contribution in [0, 0.1) is 0 Å². The zero-order valence-corrected chi connectivity index (χ0v) is 13.3. The van der Waals surface area contributed by atoms with E-state index in [1.54, 1.807) is 12.1 Å². The van der Waals surface area contributed by atoms with Crippen LogP contribution >= 0.6 is 12.2 Å². The van der Waals surface area contributed by atoms with Gasteiger partial charge in [0.1, 0.15) is 0 Å². The summed E-state index contributed by atoms with van der Waals surface area (Å²) in [5, 5.41) is 21.7. The van der Waals surface area contributed by atoms with Crippen molar-refractivity contribution in [3.05, 3.63) is 54.1 Å². The lowest BCUT2D eigenvalue weighted by molar-refractivity contribution is -0.255. The maximum atomic E-state index is 11.2. The Morgan fingerprint density at radius 1 is 1.04 bits per heavy atom. The largest absolute Gasteiger partial charge is 0.545 e. The molecule has 0 atom stereocenters. The predicted octanol–water partition coefficient (Wildman–Crippen LogP) is 0.506. The highest BCUT2D eigenvalue weighted by Gasteiger charge is 2.07. The number of thiocarbonyl (C=S) groups is 1. The van der Waals surface area contributed by atoms with Gasteiger partial charge in [-0.05, 0) is 54.2 Å². The van der Waals surface area contributed by atoms with Gasteiger partial charge in [0.15, 0.2) is 5.11 Å². The normalized spacial score (nSPS) is 10.8. The minimum atomic E-state index is -3.75. The van der Waals surface area contributed by atoms with Crippen LogP contribution in [-0.4, -0.2) is 19.5 Å². The Morgan fingerprint density at radius 2 is 1.65 bits per heavy atom. The van der Waals surface area contributed by atoms with Gasteiger partial charge in [-0.2, -0.15) is 0 Å². The molecule has 0 fully saturated rings. The van der Waals surface area contributed by atoms with Crippen LogP contribution in [0.5, 0.6) is 0 Å². The van der Waals surface area contributed by atoms with E-state index in [9.17, 15) is 18.3 Å². The molecule has 2 rings (SSSR count). The van der Waals surface area contributed by atoms with Gasteiger partial charge in [0.25, 0.3) is 0 Å². The van der Waals surface area contributed by atoms with Gasteiger partial charge in [-0.25, -0.2) is 13.6 Å². The highest BCUT2D eigenvalue weighted by atomic mass is 32.2. The number of sulfonamides is 1. The maximum absolute atomic E-state index is 11.2. The second kappa shape index (κ2) is 6.73. The number of benzene rings is 2. The summed E-state index contributed by atoms with van der Waals surface area (Å²) < 4.78 is 22.3. The summed E-state index contributed by atoms with van der Waals surface area (Å²) in [7, 11) is -3.75. The highest BCUT2D eigenvalue weighted by molar-refractivity contribution is 7.89. The topological polar surface area (TPSA) is 124 Å². The Morgan fingerprint density at radius 3 is 2.22 bits per heavy atom. The van der Waals surface area contributed by atoms with Crippen LogP contribution in [0.1, 0.15) is 10.4 Å². The standard InChI is InChI=1S/C14H13N3O4S2/c15-23(20,21)12-6-4-10(5-7-12)16-14(22)17-11-3-1-2-9(8-11)13(18)19/h1-8H,(H,18,19)(H2,15,20,21)(H2,16,17,22)/p-1. The maximum Gasteiger partial charge on any atom is 0.238 e. The van der Waals surface area contributed by atoms with E-state index in [1.807, 2.05) is 0 Å². The molecule has 0 aliphatic rings. The Balaban J connectivity index is 2.05. The van der Waals surface area contributed by atoms with E-state index < -0.39 is 16.0 Å². The van der Waals surface area contributed by atoms with Crippen LogP contribution < -0.4 is 20.9 Å². The van der Waals surface area contributed by atoms with E-state index in [-0.39, 0.29) is 15.6 Å². The molecule has 0 aliphatic heterocycles. The first-order valence-electron chi connectivity index (χ1n) is 6.28. The molecule has 0 amide bonds. The monoisotopic (exact) mass is 350 g/mol. The molecule has 0 heterocycles. The Hall–Kier alpha value is -2.49. The molecule has 2 aromatic carbocycles. The van der Waals surface area contributed by atoms with Gasteiger partial charge in [0.05, 0.1) is 10.9 Å². The molecule has 0 saturated carbocycles. The number of anilines is 2. The van der Waals surface area contributed by atoms with Crippen molar-refractivity contribution < 1.29 is 18.3 Å². The average Bonchev–Trinajstić information content (AvgIpc) is 2.47. The van der Waals surface area contributed by atoms with Crippen molar-refractivity contribution >= 4 is 44.7 Å². The number of carbonyl (C=O) groups is 1. The molecule has 0 aromatic heterocycles. The average molecular weight is 350 g/mol. The number of nitrogens with one attached hydrogen (secondary N) is 2. The third-order valence-corrected chi connectivity index (χ3v) is 3.93. The van der Waals surface area contributed by atoms with E-state index in [0.717, 1.165) is 0 Å². The van der Waals surface area contributed by atoms with Gasteiger partial charge in [0.2, 0.25) is 10.0 Å². The minimum absolute atomic E-state index is 0.0106. The van der Waals surface area contributed by atoms with Crippen molar-refractivity contribution in [2.24, 2.45) is 5.14 Å². The molecule has 0 radical (unpaired) electrons. The van der Waals surface area contributed by atoms with Gasteiger partial charge in [-0.3, -0.25) is 0 Å². The molecular formula is C14H12N3O4S2-. The van der Waals surface area contributed by atoms with Crippen LogP contribution in [0.4, 0.5) is 11.4 Å². The highest BCUT2D eigenvalue weighted by Crippen LogP contribution is 2.14. The van der Waals surface area contributed by atoms with Crippen LogP contribution in [0.25, 0.3) is 0 Å². The first-order valence-corrected chi connectivity index (χ1v) is 8.23. The third kappa shape index (κ3) is 4.74. The summed E-state index contributed by atoms with van der Waals surface area (Å²) in [6, 6.07) is 11.7. The van der Waals surface area contributed by atoms with Crippen molar-refractivity contribution in [1.29, 1.82) is 0 Å². The molecule has 23 heavy (non-hydrogen) atoms. The second-order valence-corrected chi connectivity index (χ2v) is 6.49. The van der Waals surface area contributed by atoms with Gasteiger partial charge in [-0.1, -0.05) is 12.1 Å². The zero-order valence-electron chi connectivity index (χ0n) is 11.6. The summed E-state index contributed by atoms with van der Waals surface area (Å²) in [6.45, 7) is 0. The number of carbonyl (C=O) groups excluding carboxylic acids is 1. The van der Waals surface area contributed by atoms with Crippen LogP contribution in [0.15, 0.2) is 53.4 Å². The fraction of sp³-hybridized carbons (Fsp3) is 0. The van der Waals surface area contributed by atoms with Crippen molar-refractivity contribution in [3.63, 3.8) is 0 Å². The number of aromatic carboxylic acids is 1. The third-order valence-electron chi connectivity index (χ3n) is 2.80. The Bertz CT molecular complexity index is 849. The molecule has 4 N–H and O–H groups in total. The van der Waals surface area contributed by atoms with Gasteiger partial charge in [0, 0.05) is 11.4 Å². The SMILES string of the molecule is NS(=O)(=O)c1ccc(NC(=S)Nc2cccc(C(=O)[O-])c2)cc1. The molecule has 0 bridgehead atoms. The van der Waals surface area contributed by atoms with E-state index in [4.69, 9.17) is 17.4 Å². The predicted molar refractivity (Wildman–Crippen MR) is 88.4 cm³/mol. The summed E-state index contributed by atoms with van der Waals surface area (Å²) >= 11 is 5.11. The Kier molecular flexibility index (Phi) is 4.94. The summed E-state index contributed by atoms with van der Waals surface area (Å²) in [5.74, 6) is -1.29.